The molecule has 1 heterocycles. The number of aliphatic carboxylic acids is 1. The van der Waals surface area contributed by atoms with Gasteiger partial charge in [-0.1, -0.05) is 13.0 Å². The van der Waals surface area contributed by atoms with Gasteiger partial charge in [-0.15, -0.1) is 11.3 Å². The van der Waals surface area contributed by atoms with Crippen LogP contribution >= 0.6 is 11.3 Å². The fraction of sp³-hybridized carbons (Fsp3) is 0.625. The number of carbonyl (C=O) groups is 2. The van der Waals surface area contributed by atoms with Crippen LogP contribution in [0.15, 0.2) is 17.5 Å². The highest BCUT2D eigenvalue weighted by atomic mass is 32.1. The minimum Gasteiger partial charge on any atom is -0.480 e. The maximum absolute atomic E-state index is 12.5. The summed E-state index contributed by atoms with van der Waals surface area (Å²) >= 11 is 1.59. The van der Waals surface area contributed by atoms with Crippen molar-refractivity contribution in [3.8, 4) is 0 Å². The summed E-state index contributed by atoms with van der Waals surface area (Å²) in [6, 6.07) is 4.36. The van der Waals surface area contributed by atoms with Crippen LogP contribution in [0.4, 0.5) is 0 Å². The number of hydrogen-bond donors (Lipinski definition) is 2. The van der Waals surface area contributed by atoms with E-state index in [-0.39, 0.29) is 24.5 Å². The maximum Gasteiger partial charge on any atom is 0.317 e. The Bertz CT molecular complexity index is 522. The minimum absolute atomic E-state index is 0.0414. The van der Waals surface area contributed by atoms with Crippen molar-refractivity contribution in [1.29, 1.82) is 0 Å². The number of likely N-dealkylation sites (N-methyl/N-ethyl adjacent to an activating group) is 1. The minimum atomic E-state index is -0.798. The lowest BCUT2D eigenvalue weighted by molar-refractivity contribution is -0.140. The van der Waals surface area contributed by atoms with Gasteiger partial charge < -0.3 is 10.4 Å². The molecule has 1 aliphatic rings. The fourth-order valence-electron chi connectivity index (χ4n) is 2.79. The number of amides is 1. The fourth-order valence-corrected chi connectivity index (χ4v) is 3.64. The van der Waals surface area contributed by atoms with Crippen molar-refractivity contribution in [3.05, 3.63) is 22.4 Å². The summed E-state index contributed by atoms with van der Waals surface area (Å²) in [6.45, 7) is 6.63. The van der Waals surface area contributed by atoms with Crippen LogP contribution in [-0.4, -0.2) is 47.1 Å². The van der Waals surface area contributed by atoms with Crippen molar-refractivity contribution in [2.45, 2.75) is 51.1 Å². The smallest absolute Gasteiger partial charge is 0.317 e. The first-order valence-electron chi connectivity index (χ1n) is 7.65. The summed E-state index contributed by atoms with van der Waals surface area (Å²) < 4.78 is 0. The molecular formula is C16H24N2O3S. The van der Waals surface area contributed by atoms with Gasteiger partial charge in [-0.2, -0.15) is 0 Å². The zero-order valence-electron chi connectivity index (χ0n) is 13.3. The van der Waals surface area contributed by atoms with E-state index < -0.39 is 11.4 Å². The van der Waals surface area contributed by atoms with Gasteiger partial charge in [0.2, 0.25) is 5.91 Å². The van der Waals surface area contributed by atoms with Crippen LogP contribution in [-0.2, 0) is 15.0 Å². The van der Waals surface area contributed by atoms with Crippen LogP contribution in [0, 0.1) is 0 Å². The summed E-state index contributed by atoms with van der Waals surface area (Å²) in [5, 5.41) is 14.0. The molecular weight excluding hydrogens is 300 g/mol. The van der Waals surface area contributed by atoms with Gasteiger partial charge in [0.05, 0.1) is 12.0 Å². The molecule has 1 aromatic rings. The first-order valence-corrected chi connectivity index (χ1v) is 8.53. The van der Waals surface area contributed by atoms with Crippen LogP contribution in [0.3, 0.4) is 0 Å². The van der Waals surface area contributed by atoms with E-state index in [1.165, 1.54) is 0 Å². The van der Waals surface area contributed by atoms with E-state index >= 15 is 0 Å². The molecule has 22 heavy (non-hydrogen) atoms. The van der Waals surface area contributed by atoms with Gasteiger partial charge in [0, 0.05) is 17.0 Å². The number of nitrogens with one attached hydrogen (secondary N) is 1. The predicted octanol–water partition coefficient (Wildman–Crippen LogP) is 2.08. The molecule has 0 aliphatic heterocycles. The van der Waals surface area contributed by atoms with Gasteiger partial charge in [-0.05, 0) is 44.7 Å². The molecule has 0 bridgehead atoms. The summed E-state index contributed by atoms with van der Waals surface area (Å²) in [5.74, 6) is -0.757. The molecule has 1 amide bonds. The van der Waals surface area contributed by atoms with E-state index in [2.05, 4.69) is 5.32 Å². The Kier molecular flexibility index (Phi) is 5.24. The average Bonchev–Trinajstić information content (AvgIpc) is 2.94. The Hall–Kier alpha value is -1.40. The second-order valence-corrected chi connectivity index (χ2v) is 7.30. The summed E-state index contributed by atoms with van der Waals surface area (Å²) in [7, 11) is 0. The Labute approximate surface area is 135 Å². The molecule has 122 valence electrons. The van der Waals surface area contributed by atoms with Crippen molar-refractivity contribution in [3.63, 3.8) is 0 Å². The number of carboxylic acid groups (broad SMARTS) is 1. The molecule has 0 atom stereocenters. The van der Waals surface area contributed by atoms with Gasteiger partial charge in [-0.25, -0.2) is 0 Å². The summed E-state index contributed by atoms with van der Waals surface area (Å²) in [6.07, 6.45) is 1.65. The standard InChI is InChI=1S/C16H24N2O3S/c1-4-18(10-14(19)20)12-8-11(9-12)17-15(21)16(2,3)13-6-5-7-22-13/h5-7,11-12H,4,8-10H2,1-3H3,(H,17,21)(H,19,20). The van der Waals surface area contributed by atoms with Crippen LogP contribution in [0.2, 0.25) is 0 Å². The highest BCUT2D eigenvalue weighted by molar-refractivity contribution is 7.10. The molecule has 1 aliphatic carbocycles. The summed E-state index contributed by atoms with van der Waals surface area (Å²) in [4.78, 5) is 26.3. The molecule has 0 spiro atoms. The first-order chi connectivity index (χ1) is 10.3. The molecule has 0 saturated heterocycles. The number of carbonyl (C=O) groups excluding carboxylic acids is 1. The van der Waals surface area contributed by atoms with E-state index in [0.29, 0.717) is 0 Å². The summed E-state index contributed by atoms with van der Waals surface area (Å²) in [5.41, 5.74) is -0.523. The lowest BCUT2D eigenvalue weighted by Crippen LogP contribution is -2.57. The highest BCUT2D eigenvalue weighted by Crippen LogP contribution is 2.30. The zero-order chi connectivity index (χ0) is 16.3. The van der Waals surface area contributed by atoms with Crippen molar-refractivity contribution < 1.29 is 14.7 Å². The van der Waals surface area contributed by atoms with E-state index in [1.807, 2.05) is 43.2 Å². The van der Waals surface area contributed by atoms with Crippen LogP contribution < -0.4 is 5.32 Å². The normalized spacial score (nSPS) is 21.5. The Morgan fingerprint density at radius 1 is 1.45 bits per heavy atom. The topological polar surface area (TPSA) is 69.6 Å². The Morgan fingerprint density at radius 3 is 2.64 bits per heavy atom. The highest BCUT2D eigenvalue weighted by Gasteiger charge is 2.38. The molecule has 1 fully saturated rings. The van der Waals surface area contributed by atoms with Crippen molar-refractivity contribution in [2.75, 3.05) is 13.1 Å². The third kappa shape index (κ3) is 3.67. The van der Waals surface area contributed by atoms with Gasteiger partial charge >= 0.3 is 5.97 Å². The largest absolute Gasteiger partial charge is 0.480 e. The number of hydrogen-bond acceptors (Lipinski definition) is 4. The molecule has 0 aromatic carbocycles. The molecule has 1 saturated carbocycles. The van der Waals surface area contributed by atoms with Crippen LogP contribution in [0.1, 0.15) is 38.5 Å². The molecule has 5 nitrogen and oxygen atoms in total. The number of carboxylic acids is 1. The zero-order valence-corrected chi connectivity index (χ0v) is 14.2. The van der Waals surface area contributed by atoms with Gasteiger partial charge in [0.15, 0.2) is 0 Å². The quantitative estimate of drug-likeness (QED) is 0.806. The third-order valence-corrected chi connectivity index (χ3v) is 5.61. The SMILES string of the molecule is CCN(CC(=O)O)C1CC(NC(=O)C(C)(C)c2cccs2)C1. The monoisotopic (exact) mass is 324 g/mol. The number of thiophene rings is 1. The van der Waals surface area contributed by atoms with E-state index in [9.17, 15) is 9.59 Å². The second kappa shape index (κ2) is 6.79. The van der Waals surface area contributed by atoms with E-state index in [0.717, 1.165) is 24.3 Å². The van der Waals surface area contributed by atoms with Gasteiger partial charge in [0.1, 0.15) is 0 Å². The lowest BCUT2D eigenvalue weighted by Gasteiger charge is -2.43. The molecule has 0 unspecified atom stereocenters. The number of nitrogens with zero attached hydrogens (tertiary/aromatic N) is 1. The second-order valence-electron chi connectivity index (χ2n) is 6.35. The van der Waals surface area contributed by atoms with E-state index in [1.54, 1.807) is 11.3 Å². The van der Waals surface area contributed by atoms with Gasteiger partial charge in [0.25, 0.3) is 0 Å². The number of rotatable bonds is 7. The van der Waals surface area contributed by atoms with Crippen LogP contribution in [0.5, 0.6) is 0 Å². The Morgan fingerprint density at radius 2 is 2.14 bits per heavy atom. The van der Waals surface area contributed by atoms with Crippen molar-refractivity contribution in [2.24, 2.45) is 0 Å². The van der Waals surface area contributed by atoms with Crippen molar-refractivity contribution >= 4 is 23.2 Å². The molecule has 0 radical (unpaired) electrons. The lowest BCUT2D eigenvalue weighted by atomic mass is 9.83. The van der Waals surface area contributed by atoms with E-state index in [4.69, 9.17) is 5.11 Å². The van der Waals surface area contributed by atoms with Crippen LogP contribution in [0.25, 0.3) is 0 Å². The maximum atomic E-state index is 12.5. The predicted molar refractivity (Wildman–Crippen MR) is 87.2 cm³/mol. The molecule has 2 rings (SSSR count). The average molecular weight is 324 g/mol. The van der Waals surface area contributed by atoms with Crippen molar-refractivity contribution in [1.82, 2.24) is 10.2 Å². The molecule has 1 aromatic heterocycles. The molecule has 6 heteroatoms. The molecule has 2 N–H and O–H groups in total. The van der Waals surface area contributed by atoms with Gasteiger partial charge in [-0.3, -0.25) is 14.5 Å². The Balaban J connectivity index is 1.84. The first kappa shape index (κ1) is 17.0. The third-order valence-electron chi connectivity index (χ3n) is 4.41.